The van der Waals surface area contributed by atoms with Gasteiger partial charge in [-0.25, -0.2) is 4.98 Å². The van der Waals surface area contributed by atoms with Gasteiger partial charge in [-0.3, -0.25) is 4.90 Å². The second-order valence-electron chi connectivity index (χ2n) is 6.33. The van der Waals surface area contributed by atoms with Crippen LogP contribution in [0.1, 0.15) is 18.4 Å². The minimum atomic E-state index is -0.165. The van der Waals surface area contributed by atoms with Crippen molar-refractivity contribution in [2.45, 2.75) is 25.5 Å². The van der Waals surface area contributed by atoms with E-state index in [-0.39, 0.29) is 6.10 Å². The highest BCUT2D eigenvalue weighted by Crippen LogP contribution is 2.27. The van der Waals surface area contributed by atoms with Crippen molar-refractivity contribution in [2.24, 2.45) is 0 Å². The van der Waals surface area contributed by atoms with E-state index in [0.29, 0.717) is 0 Å². The summed E-state index contributed by atoms with van der Waals surface area (Å²) in [6, 6.07) is 12.9. The number of β-amino-alcohol motifs (C(OH)–C–C–N with tert-alkyl or cyclic N) is 1. The number of nitrogens with zero attached hydrogens (tertiary/aromatic N) is 2. The molecule has 3 heterocycles. The number of benzene rings is 1. The fourth-order valence-electron chi connectivity index (χ4n) is 3.44. The van der Waals surface area contributed by atoms with E-state index in [2.05, 4.69) is 51.3 Å². The molecule has 1 aliphatic rings. The Morgan fingerprint density at radius 2 is 2.04 bits per heavy atom. The first-order valence-corrected chi connectivity index (χ1v) is 8.21. The van der Waals surface area contributed by atoms with E-state index in [1.807, 2.05) is 12.4 Å². The Morgan fingerprint density at radius 3 is 2.87 bits per heavy atom. The first kappa shape index (κ1) is 14.4. The van der Waals surface area contributed by atoms with Crippen molar-refractivity contribution >= 4 is 11.0 Å². The molecule has 4 rings (SSSR count). The van der Waals surface area contributed by atoms with Crippen molar-refractivity contribution in [3.63, 3.8) is 0 Å². The van der Waals surface area contributed by atoms with Gasteiger partial charge >= 0.3 is 0 Å². The molecule has 23 heavy (non-hydrogen) atoms. The molecule has 1 unspecified atom stereocenters. The zero-order chi connectivity index (χ0) is 15.6. The van der Waals surface area contributed by atoms with Crippen LogP contribution in [-0.4, -0.2) is 39.2 Å². The van der Waals surface area contributed by atoms with Crippen LogP contribution in [0.5, 0.6) is 0 Å². The number of piperidine rings is 1. The average Bonchev–Trinajstić information content (AvgIpc) is 3.04. The molecule has 4 nitrogen and oxygen atoms in total. The number of H-pyrrole nitrogens is 1. The number of rotatable bonds is 3. The number of hydrogen-bond acceptors (Lipinski definition) is 3. The van der Waals surface area contributed by atoms with E-state index in [1.54, 1.807) is 0 Å². The lowest BCUT2D eigenvalue weighted by atomic mass is 10.0. The summed E-state index contributed by atoms with van der Waals surface area (Å²) < 4.78 is 0. The van der Waals surface area contributed by atoms with Gasteiger partial charge in [0, 0.05) is 30.9 Å². The van der Waals surface area contributed by atoms with Gasteiger partial charge in [-0.05, 0) is 48.2 Å². The molecule has 4 heteroatoms. The fraction of sp³-hybridized carbons (Fsp3) is 0.316. The van der Waals surface area contributed by atoms with Crippen LogP contribution in [0, 0.1) is 0 Å². The maximum absolute atomic E-state index is 9.78. The topological polar surface area (TPSA) is 52.1 Å². The van der Waals surface area contributed by atoms with E-state index in [4.69, 9.17) is 0 Å². The number of aliphatic hydroxyl groups is 1. The van der Waals surface area contributed by atoms with Gasteiger partial charge in [-0.1, -0.05) is 24.3 Å². The molecule has 1 saturated heterocycles. The molecule has 0 aliphatic carbocycles. The number of hydrogen-bond donors (Lipinski definition) is 2. The van der Waals surface area contributed by atoms with E-state index >= 15 is 0 Å². The Kier molecular flexibility index (Phi) is 3.85. The number of nitrogens with one attached hydrogen (secondary N) is 1. The molecule has 1 fully saturated rings. The summed E-state index contributed by atoms with van der Waals surface area (Å²) in [6.07, 6.45) is 5.63. The van der Waals surface area contributed by atoms with E-state index in [0.717, 1.165) is 43.5 Å². The predicted octanol–water partition coefficient (Wildman–Crippen LogP) is 3.19. The number of likely N-dealkylation sites (tertiary alicyclic amines) is 1. The van der Waals surface area contributed by atoms with Crippen LogP contribution in [0.3, 0.4) is 0 Å². The standard InChI is InChI=1S/C19H21N3O/c23-16-2-1-11-22(13-16)12-14-3-5-15(6-4-14)17-7-9-20-19-18(17)8-10-21-19/h3-10,16,23H,1-2,11-13H2,(H,20,21). The Bertz CT molecular complexity index is 794. The highest BCUT2D eigenvalue weighted by atomic mass is 16.3. The van der Waals surface area contributed by atoms with Crippen LogP contribution in [0.2, 0.25) is 0 Å². The number of pyridine rings is 1. The molecule has 1 atom stereocenters. The van der Waals surface area contributed by atoms with Crippen molar-refractivity contribution in [3.05, 3.63) is 54.4 Å². The van der Waals surface area contributed by atoms with Crippen LogP contribution in [0.25, 0.3) is 22.2 Å². The Labute approximate surface area is 135 Å². The number of aliphatic hydroxyl groups excluding tert-OH is 1. The lowest BCUT2D eigenvalue weighted by Crippen LogP contribution is -2.37. The van der Waals surface area contributed by atoms with Crippen LogP contribution in [0.4, 0.5) is 0 Å². The number of aromatic amines is 1. The molecule has 0 amide bonds. The first-order valence-electron chi connectivity index (χ1n) is 8.21. The summed E-state index contributed by atoms with van der Waals surface area (Å²) in [7, 11) is 0. The van der Waals surface area contributed by atoms with E-state index in [1.165, 1.54) is 16.7 Å². The van der Waals surface area contributed by atoms with Crippen molar-refractivity contribution in [1.82, 2.24) is 14.9 Å². The highest BCUT2D eigenvalue weighted by Gasteiger charge is 2.17. The third-order valence-corrected chi connectivity index (χ3v) is 4.61. The highest BCUT2D eigenvalue weighted by molar-refractivity contribution is 5.92. The van der Waals surface area contributed by atoms with Crippen molar-refractivity contribution < 1.29 is 5.11 Å². The van der Waals surface area contributed by atoms with Crippen LogP contribution in [0.15, 0.2) is 48.8 Å². The van der Waals surface area contributed by atoms with Crippen molar-refractivity contribution in [1.29, 1.82) is 0 Å². The minimum absolute atomic E-state index is 0.165. The maximum Gasteiger partial charge on any atom is 0.137 e. The van der Waals surface area contributed by atoms with Crippen LogP contribution in [-0.2, 0) is 6.54 Å². The van der Waals surface area contributed by atoms with Gasteiger partial charge < -0.3 is 10.1 Å². The fourth-order valence-corrected chi connectivity index (χ4v) is 3.44. The molecule has 0 radical (unpaired) electrons. The van der Waals surface area contributed by atoms with Gasteiger partial charge in [-0.15, -0.1) is 0 Å². The van der Waals surface area contributed by atoms with Gasteiger partial charge in [0.2, 0.25) is 0 Å². The monoisotopic (exact) mass is 307 g/mol. The molecule has 1 aliphatic heterocycles. The smallest absolute Gasteiger partial charge is 0.137 e. The minimum Gasteiger partial charge on any atom is -0.392 e. The normalized spacial score (nSPS) is 19.3. The Balaban J connectivity index is 1.55. The lowest BCUT2D eigenvalue weighted by Gasteiger charge is -2.30. The molecule has 118 valence electrons. The predicted molar refractivity (Wildman–Crippen MR) is 92.0 cm³/mol. The molecule has 2 N–H and O–H groups in total. The van der Waals surface area contributed by atoms with Gasteiger partial charge in [0.15, 0.2) is 0 Å². The molecule has 3 aromatic rings. The Morgan fingerprint density at radius 1 is 1.17 bits per heavy atom. The quantitative estimate of drug-likeness (QED) is 0.781. The third-order valence-electron chi connectivity index (χ3n) is 4.61. The van der Waals surface area contributed by atoms with Crippen molar-refractivity contribution in [3.8, 4) is 11.1 Å². The summed E-state index contributed by atoms with van der Waals surface area (Å²) in [4.78, 5) is 9.83. The molecule has 0 spiro atoms. The second-order valence-corrected chi connectivity index (χ2v) is 6.33. The summed E-state index contributed by atoms with van der Waals surface area (Å²) in [5.41, 5.74) is 4.63. The molecular formula is C19H21N3O. The van der Waals surface area contributed by atoms with E-state index < -0.39 is 0 Å². The zero-order valence-corrected chi connectivity index (χ0v) is 13.1. The molecule has 1 aromatic carbocycles. The van der Waals surface area contributed by atoms with Crippen LogP contribution >= 0.6 is 0 Å². The summed E-state index contributed by atoms with van der Waals surface area (Å²) in [5, 5.41) is 10.9. The third kappa shape index (κ3) is 3.00. The van der Waals surface area contributed by atoms with Gasteiger partial charge in [0.1, 0.15) is 5.65 Å². The molecule has 0 saturated carbocycles. The lowest BCUT2D eigenvalue weighted by molar-refractivity contribution is 0.0668. The zero-order valence-electron chi connectivity index (χ0n) is 13.1. The summed E-state index contributed by atoms with van der Waals surface area (Å²) in [5.74, 6) is 0. The van der Waals surface area contributed by atoms with Gasteiger partial charge in [0.25, 0.3) is 0 Å². The van der Waals surface area contributed by atoms with Crippen molar-refractivity contribution in [2.75, 3.05) is 13.1 Å². The maximum atomic E-state index is 9.78. The SMILES string of the molecule is OC1CCCN(Cc2ccc(-c3ccnc4[nH]ccc34)cc2)C1. The number of fused-ring (bicyclic) bond motifs is 1. The number of aromatic nitrogens is 2. The largest absolute Gasteiger partial charge is 0.392 e. The van der Waals surface area contributed by atoms with Gasteiger partial charge in [-0.2, -0.15) is 0 Å². The Hall–Kier alpha value is -2.17. The average molecular weight is 307 g/mol. The summed E-state index contributed by atoms with van der Waals surface area (Å²) in [6.45, 7) is 2.77. The van der Waals surface area contributed by atoms with Crippen LogP contribution < -0.4 is 0 Å². The molecule has 2 aromatic heterocycles. The summed E-state index contributed by atoms with van der Waals surface area (Å²) >= 11 is 0. The molecule has 0 bridgehead atoms. The molecular weight excluding hydrogens is 286 g/mol. The van der Waals surface area contributed by atoms with E-state index in [9.17, 15) is 5.11 Å². The van der Waals surface area contributed by atoms with Gasteiger partial charge in [0.05, 0.1) is 6.10 Å². The second kappa shape index (κ2) is 6.14. The first-order chi connectivity index (χ1) is 11.3.